The summed E-state index contributed by atoms with van der Waals surface area (Å²) in [5.41, 5.74) is 7.93. The number of benzene rings is 2. The highest BCUT2D eigenvalue weighted by Crippen LogP contribution is 2.48. The molecule has 0 amide bonds. The third kappa shape index (κ3) is 2.58. The van der Waals surface area contributed by atoms with Gasteiger partial charge in [-0.3, -0.25) is 0 Å². The monoisotopic (exact) mass is 405 g/mol. The molecule has 0 aromatic heterocycles. The number of nitrogens with zero attached hydrogens (tertiary/aromatic N) is 1. The van der Waals surface area contributed by atoms with Crippen molar-refractivity contribution in [1.29, 1.82) is 0 Å². The van der Waals surface area contributed by atoms with Gasteiger partial charge in [-0.2, -0.15) is 0 Å². The average molecular weight is 405 g/mol. The molecule has 0 radical (unpaired) electrons. The summed E-state index contributed by atoms with van der Waals surface area (Å²) in [5.74, 6) is 0. The van der Waals surface area contributed by atoms with E-state index in [2.05, 4.69) is 81.6 Å². The number of rotatable bonds is 2. The zero-order valence-corrected chi connectivity index (χ0v) is 16.1. The summed E-state index contributed by atoms with van der Waals surface area (Å²) in [6.45, 7) is 14.3. The highest BCUT2D eigenvalue weighted by atomic mass is 127. The molecule has 3 rings (SSSR count). The SMILES string of the molecule is C=C1c2c(C)ccc(C)c2C(C)(C)N1Cc1ccccc1.I. The standard InChI is InChI=1S/C20H23N.HI/c1-14-11-12-15(2)19-18(14)16(3)21(20(19,4)5)13-17-9-7-6-8-10-17;/h6-12H,3,13H2,1-2,4-5H3;1H. The van der Waals surface area contributed by atoms with Crippen LogP contribution in [0.2, 0.25) is 0 Å². The second-order valence-corrected chi connectivity index (χ2v) is 6.53. The van der Waals surface area contributed by atoms with E-state index in [4.69, 9.17) is 0 Å². The molecule has 2 heteroatoms. The van der Waals surface area contributed by atoms with E-state index in [1.165, 1.54) is 27.8 Å². The molecular weight excluding hydrogens is 381 g/mol. The molecule has 1 aliphatic rings. The summed E-state index contributed by atoms with van der Waals surface area (Å²) in [4.78, 5) is 2.44. The molecule has 0 unspecified atom stereocenters. The maximum absolute atomic E-state index is 4.40. The second-order valence-electron chi connectivity index (χ2n) is 6.53. The van der Waals surface area contributed by atoms with Crippen molar-refractivity contribution in [2.75, 3.05) is 0 Å². The Hall–Kier alpha value is -1.29. The molecule has 0 N–H and O–H groups in total. The molecular formula is C20H24IN. The average Bonchev–Trinajstić information content (AvgIpc) is 2.66. The normalized spacial score (nSPS) is 15.5. The third-order valence-electron chi connectivity index (χ3n) is 4.71. The van der Waals surface area contributed by atoms with E-state index in [0.717, 1.165) is 12.2 Å². The maximum atomic E-state index is 4.40. The van der Waals surface area contributed by atoms with Crippen molar-refractivity contribution in [3.8, 4) is 0 Å². The zero-order valence-electron chi connectivity index (χ0n) is 13.8. The lowest BCUT2D eigenvalue weighted by molar-refractivity contribution is 0.210. The minimum Gasteiger partial charge on any atom is -0.358 e. The minimum absolute atomic E-state index is 0. The summed E-state index contributed by atoms with van der Waals surface area (Å²) in [7, 11) is 0. The van der Waals surface area contributed by atoms with Gasteiger partial charge in [-0.05, 0) is 49.9 Å². The van der Waals surface area contributed by atoms with Crippen LogP contribution in [-0.4, -0.2) is 4.90 Å². The van der Waals surface area contributed by atoms with Gasteiger partial charge >= 0.3 is 0 Å². The van der Waals surface area contributed by atoms with Gasteiger partial charge in [0.1, 0.15) is 0 Å². The number of halogens is 1. The van der Waals surface area contributed by atoms with Crippen molar-refractivity contribution in [3.05, 3.63) is 76.9 Å². The van der Waals surface area contributed by atoms with Gasteiger partial charge in [-0.25, -0.2) is 0 Å². The fraction of sp³-hybridized carbons (Fsp3) is 0.300. The van der Waals surface area contributed by atoms with Crippen LogP contribution < -0.4 is 0 Å². The van der Waals surface area contributed by atoms with Crippen LogP contribution in [0, 0.1) is 13.8 Å². The third-order valence-corrected chi connectivity index (χ3v) is 4.71. The van der Waals surface area contributed by atoms with Gasteiger partial charge in [-0.15, -0.1) is 24.0 Å². The number of fused-ring (bicyclic) bond motifs is 1. The van der Waals surface area contributed by atoms with Crippen molar-refractivity contribution in [1.82, 2.24) is 4.90 Å². The molecule has 22 heavy (non-hydrogen) atoms. The van der Waals surface area contributed by atoms with E-state index in [1.54, 1.807) is 0 Å². The molecule has 1 aliphatic heterocycles. The minimum atomic E-state index is -0.0155. The molecule has 116 valence electrons. The molecule has 2 aromatic rings. The van der Waals surface area contributed by atoms with Gasteiger partial charge in [-0.1, -0.05) is 49.0 Å². The van der Waals surface area contributed by atoms with E-state index >= 15 is 0 Å². The van der Waals surface area contributed by atoms with Gasteiger partial charge in [0.05, 0.1) is 5.54 Å². The molecule has 1 heterocycles. The lowest BCUT2D eigenvalue weighted by Crippen LogP contribution is -2.34. The van der Waals surface area contributed by atoms with Crippen LogP contribution >= 0.6 is 24.0 Å². The van der Waals surface area contributed by atoms with E-state index in [-0.39, 0.29) is 29.5 Å². The van der Waals surface area contributed by atoms with Gasteiger partial charge in [0.2, 0.25) is 0 Å². The Morgan fingerprint density at radius 1 is 0.955 bits per heavy atom. The Morgan fingerprint density at radius 2 is 1.55 bits per heavy atom. The highest BCUT2D eigenvalue weighted by molar-refractivity contribution is 14.0. The van der Waals surface area contributed by atoms with Crippen LogP contribution in [-0.2, 0) is 12.1 Å². The first-order valence-electron chi connectivity index (χ1n) is 7.54. The van der Waals surface area contributed by atoms with Crippen LogP contribution in [0.3, 0.4) is 0 Å². The van der Waals surface area contributed by atoms with Gasteiger partial charge in [0.15, 0.2) is 0 Å². The smallest absolute Gasteiger partial charge is 0.0610 e. The number of hydrogen-bond donors (Lipinski definition) is 0. The molecule has 0 fully saturated rings. The first kappa shape index (κ1) is 17.1. The first-order chi connectivity index (χ1) is 9.93. The van der Waals surface area contributed by atoms with Gasteiger partial charge in [0.25, 0.3) is 0 Å². The Morgan fingerprint density at radius 3 is 2.14 bits per heavy atom. The molecule has 0 saturated carbocycles. The molecule has 0 bridgehead atoms. The number of hydrogen-bond acceptors (Lipinski definition) is 1. The van der Waals surface area contributed by atoms with Gasteiger partial charge in [0, 0.05) is 17.8 Å². The summed E-state index contributed by atoms with van der Waals surface area (Å²) in [6, 6.07) is 15.1. The second kappa shape index (κ2) is 6.07. The maximum Gasteiger partial charge on any atom is 0.0610 e. The summed E-state index contributed by atoms with van der Waals surface area (Å²) >= 11 is 0. The van der Waals surface area contributed by atoms with Crippen LogP contribution in [0.1, 0.15) is 41.7 Å². The first-order valence-corrected chi connectivity index (χ1v) is 7.54. The predicted octanol–water partition coefficient (Wildman–Crippen LogP) is 5.64. The summed E-state index contributed by atoms with van der Waals surface area (Å²) < 4.78 is 0. The van der Waals surface area contributed by atoms with Gasteiger partial charge < -0.3 is 4.90 Å². The molecule has 1 nitrogen and oxygen atoms in total. The Bertz CT molecular complexity index is 701. The van der Waals surface area contributed by atoms with E-state index < -0.39 is 0 Å². The quantitative estimate of drug-likeness (QED) is 0.585. The van der Waals surface area contributed by atoms with E-state index in [1.807, 2.05) is 0 Å². The van der Waals surface area contributed by atoms with Crippen molar-refractivity contribution < 1.29 is 0 Å². The van der Waals surface area contributed by atoms with Crippen LogP contribution in [0.4, 0.5) is 0 Å². The predicted molar refractivity (Wildman–Crippen MR) is 105 cm³/mol. The molecule has 2 aromatic carbocycles. The number of aryl methyl sites for hydroxylation is 2. The molecule has 0 aliphatic carbocycles. The van der Waals surface area contributed by atoms with Crippen LogP contribution in [0.25, 0.3) is 5.70 Å². The summed E-state index contributed by atoms with van der Waals surface area (Å²) in [5, 5.41) is 0. The highest BCUT2D eigenvalue weighted by Gasteiger charge is 2.40. The summed E-state index contributed by atoms with van der Waals surface area (Å²) in [6.07, 6.45) is 0. The Kier molecular flexibility index (Phi) is 4.71. The molecule has 0 spiro atoms. The lowest BCUT2D eigenvalue weighted by atomic mass is 9.87. The lowest BCUT2D eigenvalue weighted by Gasteiger charge is -2.35. The fourth-order valence-corrected chi connectivity index (χ4v) is 3.64. The Labute approximate surface area is 151 Å². The van der Waals surface area contributed by atoms with Crippen LogP contribution in [0.15, 0.2) is 49.0 Å². The van der Waals surface area contributed by atoms with Crippen molar-refractivity contribution in [2.45, 2.75) is 39.8 Å². The largest absolute Gasteiger partial charge is 0.358 e. The van der Waals surface area contributed by atoms with Crippen LogP contribution in [0.5, 0.6) is 0 Å². The Balaban J connectivity index is 0.00000176. The molecule has 0 saturated heterocycles. The van der Waals surface area contributed by atoms with E-state index in [0.29, 0.717) is 0 Å². The van der Waals surface area contributed by atoms with E-state index in [9.17, 15) is 0 Å². The van der Waals surface area contributed by atoms with Crippen molar-refractivity contribution in [2.24, 2.45) is 0 Å². The topological polar surface area (TPSA) is 3.24 Å². The van der Waals surface area contributed by atoms with Crippen molar-refractivity contribution >= 4 is 29.7 Å². The molecule has 0 atom stereocenters. The fourth-order valence-electron chi connectivity index (χ4n) is 3.64. The zero-order chi connectivity index (χ0) is 15.2. The van der Waals surface area contributed by atoms with Crippen molar-refractivity contribution in [3.63, 3.8) is 0 Å².